The van der Waals surface area contributed by atoms with E-state index in [1.165, 1.54) is 0 Å². The molecule has 1 heterocycles. The molecule has 76 valence electrons. The van der Waals surface area contributed by atoms with Crippen molar-refractivity contribution in [3.8, 4) is 0 Å². The molecule has 0 aliphatic heterocycles. The molecule has 0 saturated heterocycles. The van der Waals surface area contributed by atoms with Crippen molar-refractivity contribution >= 4 is 5.97 Å². The Morgan fingerprint density at radius 3 is 3.14 bits per heavy atom. The highest BCUT2D eigenvalue weighted by molar-refractivity contribution is 5.86. The van der Waals surface area contributed by atoms with Gasteiger partial charge in [0.2, 0.25) is 5.76 Å². The summed E-state index contributed by atoms with van der Waals surface area (Å²) in [6.07, 6.45) is 3.83. The summed E-state index contributed by atoms with van der Waals surface area (Å²) in [5.41, 5.74) is 1.66. The van der Waals surface area contributed by atoms with E-state index in [0.717, 1.165) is 36.9 Å². The fourth-order valence-corrected chi connectivity index (χ4v) is 2.00. The van der Waals surface area contributed by atoms with Gasteiger partial charge in [0.05, 0.1) is 5.69 Å². The minimum atomic E-state index is -1.00. The van der Waals surface area contributed by atoms with Crippen LogP contribution in [-0.2, 0) is 12.8 Å². The van der Waals surface area contributed by atoms with Crippen LogP contribution in [0.2, 0.25) is 0 Å². The Kier molecular flexibility index (Phi) is 2.27. The molecule has 1 N–H and O–H groups in total. The molecule has 1 aliphatic carbocycles. The first-order valence-corrected chi connectivity index (χ1v) is 4.93. The third-order valence-electron chi connectivity index (χ3n) is 2.92. The van der Waals surface area contributed by atoms with Crippen molar-refractivity contribution in [2.45, 2.75) is 32.6 Å². The average molecular weight is 195 g/mol. The predicted octanol–water partition coefficient (Wildman–Crippen LogP) is 1.89. The summed E-state index contributed by atoms with van der Waals surface area (Å²) in [4.78, 5) is 10.8. The zero-order valence-corrected chi connectivity index (χ0v) is 8.12. The SMILES string of the molecule is CC[C@@H]1CCc2noc(C(=O)O)c2C1. The van der Waals surface area contributed by atoms with Crippen molar-refractivity contribution in [1.29, 1.82) is 0 Å². The fourth-order valence-electron chi connectivity index (χ4n) is 2.00. The molecular weight excluding hydrogens is 182 g/mol. The monoisotopic (exact) mass is 195 g/mol. The maximum Gasteiger partial charge on any atom is 0.375 e. The Labute approximate surface area is 81.9 Å². The normalized spacial score (nSPS) is 20.5. The van der Waals surface area contributed by atoms with Gasteiger partial charge < -0.3 is 9.63 Å². The van der Waals surface area contributed by atoms with Crippen LogP contribution in [0.5, 0.6) is 0 Å². The van der Waals surface area contributed by atoms with Crippen LogP contribution in [0.1, 0.15) is 41.6 Å². The quantitative estimate of drug-likeness (QED) is 0.782. The number of carbonyl (C=O) groups is 1. The number of hydrogen-bond acceptors (Lipinski definition) is 3. The van der Waals surface area contributed by atoms with Crippen molar-refractivity contribution in [1.82, 2.24) is 5.16 Å². The smallest absolute Gasteiger partial charge is 0.375 e. The van der Waals surface area contributed by atoms with Crippen LogP contribution in [0.3, 0.4) is 0 Å². The Bertz CT molecular complexity index is 356. The molecular formula is C10H13NO3. The van der Waals surface area contributed by atoms with Crippen molar-refractivity contribution in [2.24, 2.45) is 5.92 Å². The molecule has 0 spiro atoms. The van der Waals surface area contributed by atoms with E-state index in [1.807, 2.05) is 0 Å². The van der Waals surface area contributed by atoms with E-state index in [9.17, 15) is 4.79 Å². The van der Waals surface area contributed by atoms with Gasteiger partial charge in [-0.15, -0.1) is 0 Å². The Morgan fingerprint density at radius 1 is 1.71 bits per heavy atom. The zero-order valence-electron chi connectivity index (χ0n) is 8.12. The van der Waals surface area contributed by atoms with Crippen molar-refractivity contribution in [3.05, 3.63) is 17.0 Å². The third kappa shape index (κ3) is 1.41. The molecule has 1 atom stereocenters. The average Bonchev–Trinajstić information content (AvgIpc) is 2.59. The number of nitrogens with zero attached hydrogens (tertiary/aromatic N) is 1. The zero-order chi connectivity index (χ0) is 10.1. The lowest BCUT2D eigenvalue weighted by Gasteiger charge is -2.18. The minimum Gasteiger partial charge on any atom is -0.475 e. The number of aromatic carboxylic acids is 1. The van der Waals surface area contributed by atoms with Gasteiger partial charge in [0, 0.05) is 5.56 Å². The highest BCUT2D eigenvalue weighted by atomic mass is 16.5. The van der Waals surface area contributed by atoms with Gasteiger partial charge in [-0.05, 0) is 25.2 Å². The predicted molar refractivity (Wildman–Crippen MR) is 49.3 cm³/mol. The van der Waals surface area contributed by atoms with Gasteiger partial charge in [0.25, 0.3) is 0 Å². The first-order chi connectivity index (χ1) is 6.72. The topological polar surface area (TPSA) is 63.3 Å². The second-order valence-electron chi connectivity index (χ2n) is 3.76. The van der Waals surface area contributed by atoms with Crippen molar-refractivity contribution in [3.63, 3.8) is 0 Å². The fraction of sp³-hybridized carbons (Fsp3) is 0.600. The van der Waals surface area contributed by atoms with Gasteiger partial charge in [0.1, 0.15) is 0 Å². The van der Waals surface area contributed by atoms with E-state index in [0.29, 0.717) is 5.92 Å². The van der Waals surface area contributed by atoms with Gasteiger partial charge in [-0.3, -0.25) is 0 Å². The van der Waals surface area contributed by atoms with E-state index in [2.05, 4.69) is 12.1 Å². The summed E-state index contributed by atoms with van der Waals surface area (Å²) in [6.45, 7) is 2.13. The number of fused-ring (bicyclic) bond motifs is 1. The Balaban J connectivity index is 2.32. The number of rotatable bonds is 2. The van der Waals surface area contributed by atoms with E-state index in [1.54, 1.807) is 0 Å². The van der Waals surface area contributed by atoms with E-state index < -0.39 is 5.97 Å². The Hall–Kier alpha value is -1.32. The lowest BCUT2D eigenvalue weighted by Crippen LogP contribution is -2.14. The summed E-state index contributed by atoms with van der Waals surface area (Å²) in [5, 5.41) is 12.6. The molecule has 14 heavy (non-hydrogen) atoms. The molecule has 0 amide bonds. The van der Waals surface area contributed by atoms with Gasteiger partial charge in [-0.2, -0.15) is 0 Å². The summed E-state index contributed by atoms with van der Waals surface area (Å²) in [6, 6.07) is 0. The summed E-state index contributed by atoms with van der Waals surface area (Å²) >= 11 is 0. The molecule has 4 heteroatoms. The highest BCUT2D eigenvalue weighted by Gasteiger charge is 2.27. The lowest BCUT2D eigenvalue weighted by atomic mass is 9.85. The molecule has 1 aromatic heterocycles. The first kappa shape index (κ1) is 9.24. The molecule has 1 aliphatic rings. The molecule has 0 saturated carbocycles. The van der Waals surface area contributed by atoms with Crippen LogP contribution in [0.15, 0.2) is 4.52 Å². The number of carboxylic acids is 1. The summed E-state index contributed by atoms with van der Waals surface area (Å²) < 4.78 is 4.82. The van der Waals surface area contributed by atoms with Gasteiger partial charge >= 0.3 is 5.97 Å². The molecule has 2 rings (SSSR count). The van der Waals surface area contributed by atoms with Gasteiger partial charge in [-0.25, -0.2) is 4.79 Å². The van der Waals surface area contributed by atoms with Crippen molar-refractivity contribution in [2.75, 3.05) is 0 Å². The standard InChI is InChI=1S/C10H13NO3/c1-2-6-3-4-8-7(5-6)9(10(12)13)14-11-8/h6H,2-5H2,1H3,(H,12,13)/t6-/m1/s1. The van der Waals surface area contributed by atoms with Crippen LogP contribution < -0.4 is 0 Å². The summed E-state index contributed by atoms with van der Waals surface area (Å²) in [5.74, 6) is -0.381. The van der Waals surface area contributed by atoms with Crippen molar-refractivity contribution < 1.29 is 14.4 Å². The largest absolute Gasteiger partial charge is 0.475 e. The van der Waals surface area contributed by atoms with Crippen LogP contribution in [-0.4, -0.2) is 16.2 Å². The van der Waals surface area contributed by atoms with Gasteiger partial charge in [0.15, 0.2) is 0 Å². The first-order valence-electron chi connectivity index (χ1n) is 4.93. The van der Waals surface area contributed by atoms with Crippen LogP contribution >= 0.6 is 0 Å². The van der Waals surface area contributed by atoms with Crippen LogP contribution in [0.25, 0.3) is 0 Å². The van der Waals surface area contributed by atoms with E-state index in [4.69, 9.17) is 9.63 Å². The summed E-state index contributed by atoms with van der Waals surface area (Å²) in [7, 11) is 0. The lowest BCUT2D eigenvalue weighted by molar-refractivity contribution is 0.0650. The number of carboxylic acid groups (broad SMARTS) is 1. The van der Waals surface area contributed by atoms with Crippen LogP contribution in [0, 0.1) is 5.92 Å². The molecule has 0 bridgehead atoms. The minimum absolute atomic E-state index is 0.0400. The maximum absolute atomic E-state index is 10.8. The molecule has 1 aromatic rings. The van der Waals surface area contributed by atoms with E-state index >= 15 is 0 Å². The number of hydrogen-bond donors (Lipinski definition) is 1. The molecule has 0 unspecified atom stereocenters. The maximum atomic E-state index is 10.8. The van der Waals surface area contributed by atoms with Crippen LogP contribution in [0.4, 0.5) is 0 Å². The molecule has 0 radical (unpaired) electrons. The van der Waals surface area contributed by atoms with Gasteiger partial charge in [-0.1, -0.05) is 18.5 Å². The number of aromatic nitrogens is 1. The van der Waals surface area contributed by atoms with E-state index in [-0.39, 0.29) is 5.76 Å². The third-order valence-corrected chi connectivity index (χ3v) is 2.92. The Morgan fingerprint density at radius 2 is 2.50 bits per heavy atom. The molecule has 4 nitrogen and oxygen atoms in total. The second-order valence-corrected chi connectivity index (χ2v) is 3.76. The second kappa shape index (κ2) is 3.44. The number of aryl methyl sites for hydroxylation is 1. The molecule has 0 aromatic carbocycles. The highest BCUT2D eigenvalue weighted by Crippen LogP contribution is 2.29. The molecule has 0 fully saturated rings.